The SMILES string of the molecule is CCNS(=O)(=O)c1ccccc1NC(=O)OC(C)(C)C. The number of sulfonamides is 1. The molecule has 0 atom stereocenters. The topological polar surface area (TPSA) is 84.5 Å². The number of hydrogen-bond donors (Lipinski definition) is 2. The smallest absolute Gasteiger partial charge is 0.412 e. The first-order valence-electron chi connectivity index (χ1n) is 6.24. The highest BCUT2D eigenvalue weighted by Crippen LogP contribution is 2.21. The van der Waals surface area contributed by atoms with E-state index in [0.29, 0.717) is 0 Å². The molecule has 1 aromatic carbocycles. The molecular weight excluding hydrogens is 280 g/mol. The van der Waals surface area contributed by atoms with Crippen LogP contribution in [0, 0.1) is 0 Å². The largest absolute Gasteiger partial charge is 0.444 e. The first-order valence-corrected chi connectivity index (χ1v) is 7.73. The van der Waals surface area contributed by atoms with Crippen molar-refractivity contribution in [2.75, 3.05) is 11.9 Å². The van der Waals surface area contributed by atoms with Crippen LogP contribution in [0.1, 0.15) is 27.7 Å². The summed E-state index contributed by atoms with van der Waals surface area (Å²) in [5.74, 6) is 0. The molecule has 0 aromatic heterocycles. The summed E-state index contributed by atoms with van der Waals surface area (Å²) in [6.07, 6.45) is -0.698. The summed E-state index contributed by atoms with van der Waals surface area (Å²) in [6.45, 7) is 7.14. The van der Waals surface area contributed by atoms with Crippen molar-refractivity contribution in [2.45, 2.75) is 38.2 Å². The van der Waals surface area contributed by atoms with Crippen LogP contribution in [0.3, 0.4) is 0 Å². The zero-order valence-electron chi connectivity index (χ0n) is 12.1. The van der Waals surface area contributed by atoms with Crippen LogP contribution in [0.2, 0.25) is 0 Å². The van der Waals surface area contributed by atoms with E-state index in [2.05, 4.69) is 10.0 Å². The van der Waals surface area contributed by atoms with E-state index in [9.17, 15) is 13.2 Å². The van der Waals surface area contributed by atoms with E-state index in [-0.39, 0.29) is 17.1 Å². The minimum absolute atomic E-state index is 0.00714. The number of nitrogens with one attached hydrogen (secondary N) is 2. The number of anilines is 1. The Morgan fingerprint density at radius 1 is 1.25 bits per heavy atom. The van der Waals surface area contributed by atoms with E-state index >= 15 is 0 Å². The molecule has 1 amide bonds. The Labute approximate surface area is 119 Å². The van der Waals surface area contributed by atoms with Crippen molar-refractivity contribution in [1.29, 1.82) is 0 Å². The van der Waals surface area contributed by atoms with Gasteiger partial charge in [0.25, 0.3) is 0 Å². The van der Waals surface area contributed by atoms with Gasteiger partial charge in [-0.15, -0.1) is 0 Å². The summed E-state index contributed by atoms with van der Waals surface area (Å²) in [6, 6.07) is 6.15. The molecule has 0 spiro atoms. The highest BCUT2D eigenvalue weighted by molar-refractivity contribution is 7.89. The molecule has 0 aliphatic heterocycles. The number of hydrogen-bond acceptors (Lipinski definition) is 4. The van der Waals surface area contributed by atoms with Crippen molar-refractivity contribution in [2.24, 2.45) is 0 Å². The maximum absolute atomic E-state index is 12.0. The van der Waals surface area contributed by atoms with Crippen molar-refractivity contribution >= 4 is 21.8 Å². The first kappa shape index (κ1) is 16.5. The van der Waals surface area contributed by atoms with Gasteiger partial charge in [0.05, 0.1) is 5.69 Å². The number of rotatable bonds is 4. The van der Waals surface area contributed by atoms with Gasteiger partial charge in [-0.05, 0) is 32.9 Å². The van der Waals surface area contributed by atoms with Gasteiger partial charge in [-0.25, -0.2) is 17.9 Å². The Hall–Kier alpha value is -1.60. The van der Waals surface area contributed by atoms with Crippen molar-refractivity contribution in [3.05, 3.63) is 24.3 Å². The van der Waals surface area contributed by atoms with Crippen LogP contribution in [0.5, 0.6) is 0 Å². The van der Waals surface area contributed by atoms with Gasteiger partial charge in [0.1, 0.15) is 10.5 Å². The molecule has 0 fully saturated rings. The van der Waals surface area contributed by atoms with Gasteiger partial charge in [0.15, 0.2) is 0 Å². The summed E-state index contributed by atoms with van der Waals surface area (Å²) in [5, 5.41) is 2.45. The van der Waals surface area contributed by atoms with Crippen LogP contribution in [0.15, 0.2) is 29.2 Å². The molecule has 112 valence electrons. The molecule has 1 aromatic rings. The number of carbonyl (C=O) groups excluding carboxylic acids is 1. The Morgan fingerprint density at radius 3 is 2.40 bits per heavy atom. The second-order valence-electron chi connectivity index (χ2n) is 5.12. The normalized spacial score (nSPS) is 12.0. The highest BCUT2D eigenvalue weighted by Gasteiger charge is 2.21. The third-order valence-electron chi connectivity index (χ3n) is 2.15. The summed E-state index contributed by atoms with van der Waals surface area (Å²) >= 11 is 0. The third kappa shape index (κ3) is 4.82. The van der Waals surface area contributed by atoms with Gasteiger partial charge in [0.2, 0.25) is 10.0 Å². The van der Waals surface area contributed by atoms with Crippen LogP contribution in [0.4, 0.5) is 10.5 Å². The Kier molecular flexibility index (Phi) is 5.13. The zero-order chi connectivity index (χ0) is 15.4. The van der Waals surface area contributed by atoms with Crippen molar-refractivity contribution in [3.63, 3.8) is 0 Å². The van der Waals surface area contributed by atoms with Gasteiger partial charge >= 0.3 is 6.09 Å². The van der Waals surface area contributed by atoms with E-state index in [4.69, 9.17) is 4.74 Å². The van der Waals surface area contributed by atoms with Crippen molar-refractivity contribution < 1.29 is 17.9 Å². The van der Waals surface area contributed by atoms with Gasteiger partial charge in [-0.1, -0.05) is 19.1 Å². The van der Waals surface area contributed by atoms with Gasteiger partial charge in [0, 0.05) is 6.54 Å². The predicted octanol–water partition coefficient (Wildman–Crippen LogP) is 2.33. The minimum atomic E-state index is -3.65. The van der Waals surface area contributed by atoms with Gasteiger partial charge in [-0.3, -0.25) is 5.32 Å². The summed E-state index contributed by atoms with van der Waals surface area (Å²) < 4.78 is 31.5. The molecule has 0 radical (unpaired) electrons. The second kappa shape index (κ2) is 6.23. The monoisotopic (exact) mass is 300 g/mol. The molecule has 0 unspecified atom stereocenters. The Bertz CT molecular complexity index is 576. The Morgan fingerprint density at radius 2 is 1.85 bits per heavy atom. The molecular formula is C13H20N2O4S. The lowest BCUT2D eigenvalue weighted by Gasteiger charge is -2.20. The molecule has 0 aliphatic rings. The molecule has 20 heavy (non-hydrogen) atoms. The van der Waals surface area contributed by atoms with Gasteiger partial charge < -0.3 is 4.74 Å². The predicted molar refractivity (Wildman–Crippen MR) is 77.2 cm³/mol. The van der Waals surface area contributed by atoms with Crippen molar-refractivity contribution in [3.8, 4) is 0 Å². The molecule has 0 aliphatic carbocycles. The number of benzene rings is 1. The van der Waals surface area contributed by atoms with Crippen LogP contribution in [-0.2, 0) is 14.8 Å². The van der Waals surface area contributed by atoms with E-state index < -0.39 is 21.7 Å². The lowest BCUT2D eigenvalue weighted by atomic mass is 10.2. The van der Waals surface area contributed by atoms with Crippen LogP contribution in [-0.4, -0.2) is 26.7 Å². The minimum Gasteiger partial charge on any atom is -0.444 e. The third-order valence-corrected chi connectivity index (χ3v) is 3.75. The molecule has 0 bridgehead atoms. The Balaban J connectivity index is 3.00. The number of amides is 1. The fraction of sp³-hybridized carbons (Fsp3) is 0.462. The maximum Gasteiger partial charge on any atom is 0.412 e. The van der Waals surface area contributed by atoms with Gasteiger partial charge in [-0.2, -0.15) is 0 Å². The fourth-order valence-electron chi connectivity index (χ4n) is 1.49. The fourth-order valence-corrected chi connectivity index (χ4v) is 2.69. The van der Waals surface area contributed by atoms with E-state index in [1.54, 1.807) is 39.8 Å². The summed E-state index contributed by atoms with van der Waals surface area (Å²) in [4.78, 5) is 11.7. The average molecular weight is 300 g/mol. The molecule has 6 nitrogen and oxygen atoms in total. The zero-order valence-corrected chi connectivity index (χ0v) is 12.9. The molecule has 0 heterocycles. The molecule has 0 saturated heterocycles. The van der Waals surface area contributed by atoms with E-state index in [1.165, 1.54) is 12.1 Å². The lowest BCUT2D eigenvalue weighted by molar-refractivity contribution is 0.0635. The van der Waals surface area contributed by atoms with E-state index in [0.717, 1.165) is 0 Å². The summed E-state index contributed by atoms with van der Waals surface area (Å²) in [5.41, 5.74) is -0.470. The quantitative estimate of drug-likeness (QED) is 0.893. The van der Waals surface area contributed by atoms with Crippen LogP contribution >= 0.6 is 0 Å². The number of para-hydroxylation sites is 1. The van der Waals surface area contributed by atoms with Crippen LogP contribution < -0.4 is 10.0 Å². The van der Waals surface area contributed by atoms with E-state index in [1.807, 2.05) is 0 Å². The molecule has 2 N–H and O–H groups in total. The summed E-state index contributed by atoms with van der Waals surface area (Å²) in [7, 11) is -3.65. The standard InChI is InChI=1S/C13H20N2O4S/c1-5-14-20(17,18)11-9-7-6-8-10(11)15-12(16)19-13(2,3)4/h6-9,14H,5H2,1-4H3,(H,15,16). The first-order chi connectivity index (χ1) is 9.15. The average Bonchev–Trinajstić information content (AvgIpc) is 2.26. The lowest BCUT2D eigenvalue weighted by Crippen LogP contribution is -2.29. The highest BCUT2D eigenvalue weighted by atomic mass is 32.2. The molecule has 7 heteroatoms. The number of ether oxygens (including phenoxy) is 1. The molecule has 0 saturated carbocycles. The second-order valence-corrected chi connectivity index (χ2v) is 6.86. The molecule has 1 rings (SSSR count). The van der Waals surface area contributed by atoms with Crippen molar-refractivity contribution in [1.82, 2.24) is 4.72 Å². The number of carbonyl (C=O) groups is 1. The maximum atomic E-state index is 12.0. The van der Waals surface area contributed by atoms with Crippen LogP contribution in [0.25, 0.3) is 0 Å².